The lowest BCUT2D eigenvalue weighted by molar-refractivity contribution is 0.415. The number of nitrogens with zero attached hydrogens (tertiary/aromatic N) is 2. The molecule has 1 aromatic carbocycles. The molecule has 2 rings (SSSR count). The predicted octanol–water partition coefficient (Wildman–Crippen LogP) is 2.66. The van der Waals surface area contributed by atoms with Crippen LogP contribution in [0.4, 0.5) is 0 Å². The van der Waals surface area contributed by atoms with Crippen molar-refractivity contribution in [2.75, 3.05) is 7.11 Å². The van der Waals surface area contributed by atoms with Crippen molar-refractivity contribution in [2.45, 2.75) is 6.54 Å². The summed E-state index contributed by atoms with van der Waals surface area (Å²) in [6.45, 7) is 7.11. The molecule has 0 fully saturated rings. The molecule has 0 saturated heterocycles. The van der Waals surface area contributed by atoms with Crippen LogP contribution in [-0.2, 0) is 6.54 Å². The predicted molar refractivity (Wildman–Crippen MR) is 58.6 cm³/mol. The van der Waals surface area contributed by atoms with Crippen molar-refractivity contribution in [1.29, 1.82) is 0 Å². The fourth-order valence-corrected chi connectivity index (χ4v) is 1.44. The molecule has 0 amide bonds. The highest BCUT2D eigenvalue weighted by Gasteiger charge is 2.01. The molecule has 15 heavy (non-hydrogen) atoms. The summed E-state index contributed by atoms with van der Waals surface area (Å²) in [6, 6.07) is 9.60. The number of aromatic nitrogens is 1. The minimum Gasteiger partial charge on any atom is -0.497 e. The summed E-state index contributed by atoms with van der Waals surface area (Å²) in [5, 5.41) is 1.06. The SMILES string of the molecule is [C-]#[N+]Cc1ccc2ccc(OC)cc2n1. The molecule has 0 bridgehead atoms. The van der Waals surface area contributed by atoms with E-state index in [0.717, 1.165) is 22.3 Å². The Balaban J connectivity index is 2.53. The third kappa shape index (κ3) is 1.89. The maximum absolute atomic E-state index is 6.79. The third-order valence-corrected chi connectivity index (χ3v) is 2.20. The summed E-state index contributed by atoms with van der Waals surface area (Å²) in [4.78, 5) is 7.69. The topological polar surface area (TPSA) is 26.5 Å². The number of rotatable bonds is 2. The average Bonchev–Trinajstić information content (AvgIpc) is 2.28. The molecule has 1 heterocycles. The van der Waals surface area contributed by atoms with Crippen LogP contribution in [0.1, 0.15) is 5.69 Å². The van der Waals surface area contributed by atoms with Gasteiger partial charge in [0.25, 0.3) is 6.54 Å². The third-order valence-electron chi connectivity index (χ3n) is 2.20. The first-order chi connectivity index (χ1) is 7.33. The van der Waals surface area contributed by atoms with Crippen LogP contribution in [0.2, 0.25) is 0 Å². The second-order valence-corrected chi connectivity index (χ2v) is 3.18. The Morgan fingerprint density at radius 1 is 1.33 bits per heavy atom. The lowest BCUT2D eigenvalue weighted by Crippen LogP contribution is -1.88. The first-order valence-corrected chi connectivity index (χ1v) is 4.60. The maximum Gasteiger partial charge on any atom is 0.256 e. The lowest BCUT2D eigenvalue weighted by Gasteiger charge is -2.02. The molecule has 74 valence electrons. The van der Waals surface area contributed by atoms with Gasteiger partial charge in [0.05, 0.1) is 12.6 Å². The molecular formula is C12H10N2O. The molecule has 0 atom stereocenters. The van der Waals surface area contributed by atoms with Crippen LogP contribution in [0.5, 0.6) is 5.75 Å². The van der Waals surface area contributed by atoms with Crippen LogP contribution >= 0.6 is 0 Å². The molecule has 0 aliphatic rings. The molecule has 0 radical (unpaired) electrons. The van der Waals surface area contributed by atoms with Crippen LogP contribution in [-0.4, -0.2) is 12.1 Å². The van der Waals surface area contributed by atoms with Gasteiger partial charge in [0, 0.05) is 11.5 Å². The number of hydrogen-bond acceptors (Lipinski definition) is 2. The van der Waals surface area contributed by atoms with E-state index in [4.69, 9.17) is 11.3 Å². The Bertz CT molecular complexity index is 529. The molecule has 3 nitrogen and oxygen atoms in total. The average molecular weight is 198 g/mol. The fourth-order valence-electron chi connectivity index (χ4n) is 1.44. The second kappa shape index (κ2) is 3.97. The minimum absolute atomic E-state index is 0.327. The van der Waals surface area contributed by atoms with Gasteiger partial charge >= 0.3 is 0 Å². The molecule has 3 heteroatoms. The van der Waals surface area contributed by atoms with E-state index < -0.39 is 0 Å². The van der Waals surface area contributed by atoms with Gasteiger partial charge in [-0.1, -0.05) is 6.07 Å². The van der Waals surface area contributed by atoms with Crippen molar-refractivity contribution >= 4 is 10.9 Å². The smallest absolute Gasteiger partial charge is 0.256 e. The van der Waals surface area contributed by atoms with E-state index in [0.29, 0.717) is 6.54 Å². The molecule has 2 aromatic rings. The lowest BCUT2D eigenvalue weighted by atomic mass is 10.2. The number of hydrogen-bond donors (Lipinski definition) is 0. The molecule has 0 aliphatic heterocycles. The van der Waals surface area contributed by atoms with Gasteiger partial charge in [-0.2, -0.15) is 0 Å². The summed E-state index contributed by atoms with van der Waals surface area (Å²) < 4.78 is 5.12. The normalized spacial score (nSPS) is 9.87. The van der Waals surface area contributed by atoms with Crippen LogP contribution in [0, 0.1) is 6.57 Å². The first-order valence-electron chi connectivity index (χ1n) is 4.60. The summed E-state index contributed by atoms with van der Waals surface area (Å²) in [6.07, 6.45) is 0. The number of ether oxygens (including phenoxy) is 1. The van der Waals surface area contributed by atoms with Gasteiger partial charge in [-0.25, -0.2) is 11.6 Å². The fraction of sp³-hybridized carbons (Fsp3) is 0.167. The van der Waals surface area contributed by atoms with Crippen molar-refractivity contribution in [3.63, 3.8) is 0 Å². The Labute approximate surface area is 88.1 Å². The van der Waals surface area contributed by atoms with Gasteiger partial charge in [-0.05, 0) is 18.2 Å². The molecule has 0 unspecified atom stereocenters. The highest BCUT2D eigenvalue weighted by Crippen LogP contribution is 2.19. The van der Waals surface area contributed by atoms with E-state index in [9.17, 15) is 0 Å². The molecular weight excluding hydrogens is 188 g/mol. The zero-order valence-corrected chi connectivity index (χ0v) is 8.40. The quantitative estimate of drug-likeness (QED) is 0.693. The number of methoxy groups -OCH3 is 1. The largest absolute Gasteiger partial charge is 0.497 e. The van der Waals surface area contributed by atoms with Crippen LogP contribution in [0.15, 0.2) is 30.3 Å². The Morgan fingerprint density at radius 2 is 2.13 bits per heavy atom. The maximum atomic E-state index is 6.79. The monoisotopic (exact) mass is 198 g/mol. The Hall–Kier alpha value is -2.08. The Kier molecular flexibility index (Phi) is 2.51. The van der Waals surface area contributed by atoms with Crippen molar-refractivity contribution < 1.29 is 4.74 Å². The van der Waals surface area contributed by atoms with Gasteiger partial charge in [0.15, 0.2) is 0 Å². The second-order valence-electron chi connectivity index (χ2n) is 3.18. The summed E-state index contributed by atoms with van der Waals surface area (Å²) in [5.74, 6) is 0.787. The summed E-state index contributed by atoms with van der Waals surface area (Å²) in [7, 11) is 1.63. The van der Waals surface area contributed by atoms with E-state index in [1.54, 1.807) is 7.11 Å². The highest BCUT2D eigenvalue weighted by atomic mass is 16.5. The molecule has 1 aromatic heterocycles. The van der Waals surface area contributed by atoms with Crippen LogP contribution in [0.25, 0.3) is 15.7 Å². The van der Waals surface area contributed by atoms with Gasteiger partial charge in [0.2, 0.25) is 0 Å². The van der Waals surface area contributed by atoms with Crippen molar-refractivity contribution in [3.8, 4) is 5.75 Å². The van der Waals surface area contributed by atoms with Gasteiger partial charge in [-0.15, -0.1) is 0 Å². The number of benzene rings is 1. The molecule has 0 N–H and O–H groups in total. The molecule has 0 saturated carbocycles. The summed E-state index contributed by atoms with van der Waals surface area (Å²) >= 11 is 0. The Morgan fingerprint density at radius 3 is 2.87 bits per heavy atom. The van der Waals surface area contributed by atoms with Gasteiger partial charge in [-0.3, -0.25) is 0 Å². The van der Waals surface area contributed by atoms with Crippen molar-refractivity contribution in [2.24, 2.45) is 0 Å². The molecule has 0 aliphatic carbocycles. The number of pyridine rings is 1. The van der Waals surface area contributed by atoms with Gasteiger partial charge < -0.3 is 9.58 Å². The number of fused-ring (bicyclic) bond motifs is 1. The van der Waals surface area contributed by atoms with E-state index >= 15 is 0 Å². The molecule has 0 spiro atoms. The highest BCUT2D eigenvalue weighted by molar-refractivity contribution is 5.80. The first kappa shape index (κ1) is 9.47. The standard InChI is InChI=1S/C12H10N2O/c1-13-8-10-5-3-9-4-6-11(15-2)7-12(9)14-10/h3-7H,8H2,2H3. The van der Waals surface area contributed by atoms with E-state index in [-0.39, 0.29) is 0 Å². The summed E-state index contributed by atoms with van der Waals surface area (Å²) in [5.41, 5.74) is 1.67. The van der Waals surface area contributed by atoms with E-state index in [2.05, 4.69) is 9.83 Å². The van der Waals surface area contributed by atoms with Crippen LogP contribution < -0.4 is 4.74 Å². The van der Waals surface area contributed by atoms with Crippen molar-refractivity contribution in [1.82, 2.24) is 4.98 Å². The zero-order chi connectivity index (χ0) is 10.7. The zero-order valence-electron chi connectivity index (χ0n) is 8.40. The van der Waals surface area contributed by atoms with Crippen molar-refractivity contribution in [3.05, 3.63) is 47.4 Å². The van der Waals surface area contributed by atoms with E-state index in [1.165, 1.54) is 0 Å². The van der Waals surface area contributed by atoms with Crippen LogP contribution in [0.3, 0.4) is 0 Å². The van der Waals surface area contributed by atoms with Gasteiger partial charge in [0.1, 0.15) is 11.4 Å². The van der Waals surface area contributed by atoms with E-state index in [1.807, 2.05) is 30.3 Å². The minimum atomic E-state index is 0.327.